The van der Waals surface area contributed by atoms with Gasteiger partial charge in [-0.15, -0.1) is 0 Å². The zero-order valence-corrected chi connectivity index (χ0v) is 15.5. The Hall–Kier alpha value is -3.42. The number of hydrogen-bond acceptors (Lipinski definition) is 5. The van der Waals surface area contributed by atoms with Crippen LogP contribution in [0.1, 0.15) is 30.4 Å². The van der Waals surface area contributed by atoms with Crippen LogP contribution in [0, 0.1) is 15.5 Å². The van der Waals surface area contributed by atoms with Crippen LogP contribution in [0.2, 0.25) is 0 Å². The van der Waals surface area contributed by atoms with Crippen LogP contribution < -0.4 is 5.32 Å². The molecule has 0 radical (unpaired) electrons. The molecular weight excluding hydrogens is 376 g/mol. The van der Waals surface area contributed by atoms with E-state index in [1.807, 2.05) is 36.4 Å². The maximum absolute atomic E-state index is 12.1. The number of carboxylic acids is 1. The fourth-order valence-electron chi connectivity index (χ4n) is 4.79. The fourth-order valence-corrected chi connectivity index (χ4v) is 4.79. The maximum atomic E-state index is 12.1. The molecule has 0 heterocycles. The van der Waals surface area contributed by atoms with Gasteiger partial charge in [0.25, 0.3) is 5.69 Å². The summed E-state index contributed by atoms with van der Waals surface area (Å²) in [4.78, 5) is 34.5. The summed E-state index contributed by atoms with van der Waals surface area (Å²) in [7, 11) is 0. The second kappa shape index (κ2) is 6.88. The van der Waals surface area contributed by atoms with Gasteiger partial charge in [-0.1, -0.05) is 42.5 Å². The first kappa shape index (κ1) is 18.9. The third-order valence-electron chi connectivity index (χ3n) is 6.07. The van der Waals surface area contributed by atoms with E-state index in [1.54, 1.807) is 12.1 Å². The summed E-state index contributed by atoms with van der Waals surface area (Å²) in [6.07, 6.45) is 0.932. The van der Waals surface area contributed by atoms with Gasteiger partial charge >= 0.3 is 12.1 Å². The van der Waals surface area contributed by atoms with Crippen LogP contribution in [0.25, 0.3) is 0 Å². The second-order valence-electron chi connectivity index (χ2n) is 7.96. The zero-order valence-electron chi connectivity index (χ0n) is 15.5. The van der Waals surface area contributed by atoms with Crippen molar-refractivity contribution in [3.05, 3.63) is 75.8 Å². The van der Waals surface area contributed by atoms with Gasteiger partial charge in [-0.3, -0.25) is 10.1 Å². The lowest BCUT2D eigenvalue weighted by Crippen LogP contribution is -2.73. The molecular formula is C21H20N2O6. The van der Waals surface area contributed by atoms with Crippen LogP contribution in [-0.2, 0) is 21.6 Å². The van der Waals surface area contributed by atoms with E-state index in [0.717, 1.165) is 11.1 Å². The molecule has 1 amide bonds. The SMILES string of the molecule is O=C(NC(C(=O)O)C12CC(c3cccc([N+](=O)[O-])c3)(C1)C2)OCc1ccccc1. The smallest absolute Gasteiger partial charge is 0.408 e. The standard InChI is InChI=1S/C21H20N2O6/c24-18(25)17(22-19(26)29-10-14-5-2-1-3-6-14)21-11-20(12-21,13-21)15-7-4-8-16(9-15)23(27)28/h1-9,17H,10-13H2,(H,22,26)(H,24,25). The zero-order chi connectivity index (χ0) is 20.6. The molecule has 2 N–H and O–H groups in total. The number of carbonyl (C=O) groups is 2. The van der Waals surface area contributed by atoms with Crippen molar-refractivity contribution in [3.63, 3.8) is 0 Å². The molecule has 0 saturated heterocycles. The summed E-state index contributed by atoms with van der Waals surface area (Å²) in [6.45, 7) is 0.0592. The molecule has 0 aliphatic heterocycles. The molecule has 3 saturated carbocycles. The molecule has 5 rings (SSSR count). The quantitative estimate of drug-likeness (QED) is 0.547. The summed E-state index contributed by atoms with van der Waals surface area (Å²) in [5, 5.41) is 23.2. The summed E-state index contributed by atoms with van der Waals surface area (Å²) >= 11 is 0. The summed E-state index contributed by atoms with van der Waals surface area (Å²) in [5.41, 5.74) is 0.907. The van der Waals surface area contributed by atoms with E-state index >= 15 is 0 Å². The van der Waals surface area contributed by atoms with Gasteiger partial charge in [0, 0.05) is 17.5 Å². The molecule has 1 unspecified atom stereocenters. The molecule has 0 spiro atoms. The maximum Gasteiger partial charge on any atom is 0.408 e. The third-order valence-corrected chi connectivity index (χ3v) is 6.07. The van der Waals surface area contributed by atoms with E-state index in [-0.39, 0.29) is 17.7 Å². The summed E-state index contributed by atoms with van der Waals surface area (Å²) in [5.74, 6) is -1.10. The minimum atomic E-state index is -1.10. The van der Waals surface area contributed by atoms with Crippen molar-refractivity contribution in [1.82, 2.24) is 5.32 Å². The topological polar surface area (TPSA) is 119 Å². The van der Waals surface area contributed by atoms with Gasteiger partial charge in [-0.2, -0.15) is 0 Å². The Morgan fingerprint density at radius 2 is 1.83 bits per heavy atom. The van der Waals surface area contributed by atoms with E-state index in [1.165, 1.54) is 6.07 Å². The minimum absolute atomic E-state index is 0.0266. The Balaban J connectivity index is 1.39. The van der Waals surface area contributed by atoms with Crippen molar-refractivity contribution >= 4 is 17.7 Å². The van der Waals surface area contributed by atoms with Crippen LogP contribution in [0.15, 0.2) is 54.6 Å². The normalized spacial score (nSPS) is 25.1. The van der Waals surface area contributed by atoms with Crippen molar-refractivity contribution < 1.29 is 24.4 Å². The van der Waals surface area contributed by atoms with Crippen LogP contribution in [0.5, 0.6) is 0 Å². The van der Waals surface area contributed by atoms with Gasteiger partial charge in [0.15, 0.2) is 0 Å². The van der Waals surface area contributed by atoms with Gasteiger partial charge in [-0.05, 0) is 35.8 Å². The first-order chi connectivity index (χ1) is 13.8. The number of nitrogens with one attached hydrogen (secondary N) is 1. The van der Waals surface area contributed by atoms with Gasteiger partial charge in [-0.25, -0.2) is 9.59 Å². The van der Waals surface area contributed by atoms with E-state index in [4.69, 9.17) is 4.74 Å². The first-order valence-electron chi connectivity index (χ1n) is 9.29. The van der Waals surface area contributed by atoms with Crippen molar-refractivity contribution in [2.24, 2.45) is 5.41 Å². The molecule has 8 heteroatoms. The number of rotatable bonds is 7. The van der Waals surface area contributed by atoms with Crippen molar-refractivity contribution in [2.75, 3.05) is 0 Å². The molecule has 3 fully saturated rings. The number of carbonyl (C=O) groups excluding carboxylic acids is 1. The van der Waals surface area contributed by atoms with Gasteiger partial charge in [0.1, 0.15) is 12.6 Å². The number of amides is 1. The van der Waals surface area contributed by atoms with E-state index in [2.05, 4.69) is 5.32 Å². The number of alkyl carbamates (subject to hydrolysis) is 1. The Labute approximate surface area is 166 Å². The molecule has 150 valence electrons. The van der Waals surface area contributed by atoms with Crippen LogP contribution in [0.4, 0.5) is 10.5 Å². The van der Waals surface area contributed by atoms with Crippen LogP contribution >= 0.6 is 0 Å². The number of benzene rings is 2. The predicted molar refractivity (Wildman–Crippen MR) is 102 cm³/mol. The first-order valence-corrected chi connectivity index (χ1v) is 9.29. The van der Waals surface area contributed by atoms with Crippen LogP contribution in [0.3, 0.4) is 0 Å². The highest BCUT2D eigenvalue weighted by Crippen LogP contribution is 2.75. The second-order valence-corrected chi connectivity index (χ2v) is 7.96. The largest absolute Gasteiger partial charge is 0.480 e. The van der Waals surface area contributed by atoms with Gasteiger partial charge in [0.05, 0.1) is 4.92 Å². The Morgan fingerprint density at radius 3 is 2.45 bits per heavy atom. The number of ether oxygens (including phenoxy) is 1. The molecule has 8 nitrogen and oxygen atoms in total. The summed E-state index contributed by atoms with van der Waals surface area (Å²) < 4.78 is 5.15. The third kappa shape index (κ3) is 3.30. The number of non-ortho nitro benzene ring substituents is 1. The van der Waals surface area contributed by atoms with E-state index in [9.17, 15) is 24.8 Å². The number of hydrogen-bond donors (Lipinski definition) is 2. The molecule has 2 bridgehead atoms. The lowest BCUT2D eigenvalue weighted by Gasteiger charge is -2.72. The van der Waals surface area contributed by atoms with Gasteiger partial charge in [0.2, 0.25) is 0 Å². The van der Waals surface area contributed by atoms with Crippen molar-refractivity contribution in [1.29, 1.82) is 0 Å². The van der Waals surface area contributed by atoms with Gasteiger partial charge < -0.3 is 15.2 Å². The number of nitrogens with zero attached hydrogens (tertiary/aromatic N) is 1. The van der Waals surface area contributed by atoms with Crippen LogP contribution in [-0.4, -0.2) is 28.1 Å². The van der Waals surface area contributed by atoms with Crippen molar-refractivity contribution in [2.45, 2.75) is 37.3 Å². The molecule has 1 atom stereocenters. The van der Waals surface area contributed by atoms with Crippen molar-refractivity contribution in [3.8, 4) is 0 Å². The Morgan fingerprint density at radius 1 is 1.14 bits per heavy atom. The molecule has 0 aromatic heterocycles. The number of nitro benzene ring substituents is 1. The molecule has 3 aliphatic rings. The monoisotopic (exact) mass is 396 g/mol. The lowest BCUT2D eigenvalue weighted by atomic mass is 9.31. The molecule has 29 heavy (non-hydrogen) atoms. The average molecular weight is 396 g/mol. The number of aliphatic carboxylic acids is 1. The van der Waals surface area contributed by atoms with E-state index < -0.39 is 28.4 Å². The summed E-state index contributed by atoms with van der Waals surface area (Å²) in [6, 6.07) is 14.6. The lowest BCUT2D eigenvalue weighted by molar-refractivity contribution is -0.385. The Bertz CT molecular complexity index is 954. The molecule has 2 aromatic carbocycles. The number of carboxylic acid groups (broad SMARTS) is 1. The van der Waals surface area contributed by atoms with E-state index in [0.29, 0.717) is 19.3 Å². The fraction of sp³-hybridized carbons (Fsp3) is 0.333. The Kier molecular flexibility index (Phi) is 4.49. The average Bonchev–Trinajstić information content (AvgIpc) is 2.64. The minimum Gasteiger partial charge on any atom is -0.480 e. The highest BCUT2D eigenvalue weighted by molar-refractivity contribution is 5.82. The number of nitro groups is 1. The highest BCUT2D eigenvalue weighted by Gasteiger charge is 2.72. The molecule has 3 aliphatic carbocycles. The molecule has 2 aromatic rings. The predicted octanol–water partition coefficient (Wildman–Crippen LogP) is 3.40. The highest BCUT2D eigenvalue weighted by atomic mass is 16.6.